The first-order valence-corrected chi connectivity index (χ1v) is 3.74. The van der Waals surface area contributed by atoms with Crippen molar-refractivity contribution >= 4 is 11.7 Å². The molecular weight excluding hydrogens is 175 g/mol. The van der Waals surface area contributed by atoms with Gasteiger partial charge < -0.3 is 10.5 Å². The molecular formula is C8H9FN2O2. The van der Waals surface area contributed by atoms with Gasteiger partial charge in [-0.25, -0.2) is 9.78 Å². The first kappa shape index (κ1) is 9.44. The van der Waals surface area contributed by atoms with Gasteiger partial charge in [0.2, 0.25) is 5.95 Å². The van der Waals surface area contributed by atoms with E-state index in [1.54, 1.807) is 6.92 Å². The molecule has 13 heavy (non-hydrogen) atoms. The van der Waals surface area contributed by atoms with Crippen molar-refractivity contribution in [3.63, 3.8) is 0 Å². The summed E-state index contributed by atoms with van der Waals surface area (Å²) in [4.78, 5) is 14.4. The number of nitrogen functional groups attached to an aromatic ring is 1. The van der Waals surface area contributed by atoms with Crippen LogP contribution in [0.3, 0.4) is 0 Å². The van der Waals surface area contributed by atoms with Crippen molar-refractivity contribution in [3.05, 3.63) is 23.8 Å². The van der Waals surface area contributed by atoms with E-state index in [1.165, 1.54) is 6.07 Å². The highest BCUT2D eigenvalue weighted by Crippen LogP contribution is 2.10. The lowest BCUT2D eigenvalue weighted by Crippen LogP contribution is -2.11. The smallest absolute Gasteiger partial charge is 0.359 e. The van der Waals surface area contributed by atoms with Crippen molar-refractivity contribution in [3.8, 4) is 0 Å². The zero-order valence-electron chi connectivity index (χ0n) is 7.08. The summed E-state index contributed by atoms with van der Waals surface area (Å²) < 4.78 is 17.2. The number of carbonyl (C=O) groups is 1. The highest BCUT2D eigenvalue weighted by Gasteiger charge is 2.13. The Morgan fingerprint density at radius 2 is 2.38 bits per heavy atom. The van der Waals surface area contributed by atoms with Crippen LogP contribution in [0.2, 0.25) is 0 Å². The summed E-state index contributed by atoms with van der Waals surface area (Å²) in [5.41, 5.74) is 5.32. The normalized spacial score (nSPS) is 9.69. The first-order valence-electron chi connectivity index (χ1n) is 3.74. The van der Waals surface area contributed by atoms with Gasteiger partial charge in [0.1, 0.15) is 0 Å². The highest BCUT2D eigenvalue weighted by molar-refractivity contribution is 5.92. The second-order valence-electron chi connectivity index (χ2n) is 2.29. The molecule has 0 amide bonds. The van der Waals surface area contributed by atoms with E-state index in [4.69, 9.17) is 5.73 Å². The van der Waals surface area contributed by atoms with Crippen LogP contribution in [-0.4, -0.2) is 17.6 Å². The number of pyridine rings is 1. The number of nitrogens with two attached hydrogens (primary N) is 1. The summed E-state index contributed by atoms with van der Waals surface area (Å²) in [5, 5.41) is 0. The third-order valence-corrected chi connectivity index (χ3v) is 1.36. The second-order valence-corrected chi connectivity index (χ2v) is 2.29. The third kappa shape index (κ3) is 2.14. The Bertz CT molecular complexity index is 328. The number of nitrogens with zero attached hydrogens (tertiary/aromatic N) is 1. The lowest BCUT2D eigenvalue weighted by molar-refractivity contribution is 0.0519. The van der Waals surface area contributed by atoms with E-state index < -0.39 is 11.9 Å². The van der Waals surface area contributed by atoms with Crippen molar-refractivity contribution in [2.45, 2.75) is 6.92 Å². The van der Waals surface area contributed by atoms with Crippen LogP contribution in [0.5, 0.6) is 0 Å². The number of esters is 1. The summed E-state index contributed by atoms with van der Waals surface area (Å²) >= 11 is 0. The molecule has 0 atom stereocenters. The minimum Gasteiger partial charge on any atom is -0.461 e. The van der Waals surface area contributed by atoms with Gasteiger partial charge in [0.05, 0.1) is 12.3 Å². The molecule has 70 valence electrons. The predicted molar refractivity (Wildman–Crippen MR) is 44.6 cm³/mol. The molecule has 1 aromatic rings. The minimum absolute atomic E-state index is 0.111. The molecule has 0 aliphatic heterocycles. The van der Waals surface area contributed by atoms with E-state index >= 15 is 0 Å². The zero-order chi connectivity index (χ0) is 9.84. The maximum atomic E-state index is 12.6. The third-order valence-electron chi connectivity index (χ3n) is 1.36. The van der Waals surface area contributed by atoms with E-state index in [0.717, 1.165) is 6.07 Å². The second kappa shape index (κ2) is 3.84. The van der Waals surface area contributed by atoms with Crippen LogP contribution in [0.25, 0.3) is 0 Å². The van der Waals surface area contributed by atoms with Gasteiger partial charge >= 0.3 is 5.97 Å². The van der Waals surface area contributed by atoms with Crippen molar-refractivity contribution in [2.75, 3.05) is 12.3 Å². The van der Waals surface area contributed by atoms with Crippen LogP contribution < -0.4 is 5.73 Å². The average molecular weight is 184 g/mol. The van der Waals surface area contributed by atoms with Crippen LogP contribution in [0.15, 0.2) is 12.1 Å². The Morgan fingerprint density at radius 1 is 1.69 bits per heavy atom. The van der Waals surface area contributed by atoms with Crippen LogP contribution in [0, 0.1) is 5.95 Å². The van der Waals surface area contributed by atoms with Gasteiger partial charge in [-0.2, -0.15) is 4.39 Å². The molecule has 0 aromatic carbocycles. The summed E-state index contributed by atoms with van der Waals surface area (Å²) in [6.45, 7) is 1.85. The van der Waals surface area contributed by atoms with Crippen LogP contribution in [-0.2, 0) is 4.74 Å². The molecule has 0 radical (unpaired) electrons. The van der Waals surface area contributed by atoms with Gasteiger partial charge in [-0.3, -0.25) is 0 Å². The number of hydrogen-bond donors (Lipinski definition) is 1. The number of anilines is 1. The molecule has 1 heterocycles. The lowest BCUT2D eigenvalue weighted by Gasteiger charge is -2.03. The van der Waals surface area contributed by atoms with Crippen LogP contribution in [0.4, 0.5) is 10.1 Å². The minimum atomic E-state index is -0.753. The highest BCUT2D eigenvalue weighted by atomic mass is 19.1. The first-order chi connectivity index (χ1) is 6.15. The number of carbonyl (C=O) groups excluding carboxylic acids is 1. The summed E-state index contributed by atoms with van der Waals surface area (Å²) in [7, 11) is 0. The summed E-state index contributed by atoms with van der Waals surface area (Å²) in [6.07, 6.45) is 0. The number of ether oxygens (including phenoxy) is 1. The Morgan fingerprint density at radius 3 is 3.00 bits per heavy atom. The molecule has 0 saturated heterocycles. The Labute approximate surface area is 74.5 Å². The standard InChI is InChI=1S/C8H9FN2O2/c1-2-13-8(12)7-5(10)3-4-6(9)11-7/h3-4H,2,10H2,1H3. The summed E-state index contributed by atoms with van der Waals surface area (Å²) in [6, 6.07) is 2.35. The molecule has 1 rings (SSSR count). The largest absolute Gasteiger partial charge is 0.461 e. The van der Waals surface area contributed by atoms with E-state index in [9.17, 15) is 9.18 Å². The fraction of sp³-hybridized carbons (Fsp3) is 0.250. The maximum absolute atomic E-state index is 12.6. The number of rotatable bonds is 2. The van der Waals surface area contributed by atoms with Gasteiger partial charge in [0.25, 0.3) is 0 Å². The van der Waals surface area contributed by atoms with Crippen LogP contribution in [0.1, 0.15) is 17.4 Å². The Hall–Kier alpha value is -1.65. The molecule has 0 saturated carbocycles. The molecule has 0 aliphatic carbocycles. The maximum Gasteiger partial charge on any atom is 0.359 e. The molecule has 0 bridgehead atoms. The summed E-state index contributed by atoms with van der Waals surface area (Å²) in [5.74, 6) is -1.46. The molecule has 0 fully saturated rings. The van der Waals surface area contributed by atoms with Gasteiger partial charge in [-0.05, 0) is 19.1 Å². The molecule has 4 nitrogen and oxygen atoms in total. The van der Waals surface area contributed by atoms with Crippen LogP contribution >= 0.6 is 0 Å². The fourth-order valence-corrected chi connectivity index (χ4v) is 0.809. The predicted octanol–water partition coefficient (Wildman–Crippen LogP) is 0.980. The lowest BCUT2D eigenvalue weighted by atomic mass is 10.3. The van der Waals surface area contributed by atoms with Crippen molar-refractivity contribution in [1.29, 1.82) is 0 Å². The quantitative estimate of drug-likeness (QED) is 0.549. The molecule has 0 aliphatic rings. The number of aromatic nitrogens is 1. The molecule has 5 heteroatoms. The van der Waals surface area contributed by atoms with Gasteiger partial charge in [0.15, 0.2) is 5.69 Å². The topological polar surface area (TPSA) is 65.2 Å². The molecule has 2 N–H and O–H groups in total. The van der Waals surface area contributed by atoms with E-state index in [0.29, 0.717) is 0 Å². The molecule has 0 unspecified atom stereocenters. The molecule has 1 aromatic heterocycles. The van der Waals surface area contributed by atoms with Gasteiger partial charge in [0, 0.05) is 0 Å². The van der Waals surface area contributed by atoms with Gasteiger partial charge in [-0.1, -0.05) is 0 Å². The zero-order valence-corrected chi connectivity index (χ0v) is 7.08. The number of halogens is 1. The van der Waals surface area contributed by atoms with Gasteiger partial charge in [-0.15, -0.1) is 0 Å². The number of hydrogen-bond acceptors (Lipinski definition) is 4. The van der Waals surface area contributed by atoms with E-state index in [-0.39, 0.29) is 18.0 Å². The average Bonchev–Trinajstić information content (AvgIpc) is 2.09. The molecule has 0 spiro atoms. The Kier molecular flexibility index (Phi) is 2.79. The monoisotopic (exact) mass is 184 g/mol. The Balaban J connectivity index is 2.99. The fourth-order valence-electron chi connectivity index (χ4n) is 0.809. The van der Waals surface area contributed by atoms with E-state index in [1.807, 2.05) is 0 Å². The van der Waals surface area contributed by atoms with Crippen molar-refractivity contribution in [2.24, 2.45) is 0 Å². The van der Waals surface area contributed by atoms with Crippen molar-refractivity contribution < 1.29 is 13.9 Å². The van der Waals surface area contributed by atoms with E-state index in [2.05, 4.69) is 9.72 Å². The SMILES string of the molecule is CCOC(=O)c1nc(F)ccc1N. The van der Waals surface area contributed by atoms with Crippen molar-refractivity contribution in [1.82, 2.24) is 4.98 Å².